The summed E-state index contributed by atoms with van der Waals surface area (Å²) in [5.41, 5.74) is 1.07. The van der Waals surface area contributed by atoms with Crippen LogP contribution in [-0.2, 0) is 0 Å². The molecule has 2 heterocycles. The second-order valence-corrected chi connectivity index (χ2v) is 4.77. The number of carbonyl (C=O) groups is 1. The highest BCUT2D eigenvalue weighted by Crippen LogP contribution is 2.26. The topological polar surface area (TPSA) is 30.2 Å². The van der Waals surface area contributed by atoms with Crippen LogP contribution in [0.3, 0.4) is 0 Å². The van der Waals surface area contributed by atoms with E-state index < -0.39 is 0 Å². The van der Waals surface area contributed by atoms with Crippen molar-refractivity contribution in [2.24, 2.45) is 0 Å². The summed E-state index contributed by atoms with van der Waals surface area (Å²) in [5, 5.41) is 3.22. The van der Waals surface area contributed by atoms with Crippen LogP contribution in [0.15, 0.2) is 58.5 Å². The van der Waals surface area contributed by atoms with E-state index in [1.165, 1.54) is 16.3 Å². The molecule has 0 saturated heterocycles. The third-order valence-electron chi connectivity index (χ3n) is 2.69. The Labute approximate surface area is 108 Å². The second-order valence-electron chi connectivity index (χ2n) is 3.86. The first-order chi connectivity index (χ1) is 8.84. The molecule has 2 nitrogen and oxygen atoms in total. The van der Waals surface area contributed by atoms with Gasteiger partial charge in [0.1, 0.15) is 0 Å². The first kappa shape index (κ1) is 11.0. The Bertz CT molecular complexity index is 705. The first-order valence-corrected chi connectivity index (χ1v) is 6.45. The highest BCUT2D eigenvalue weighted by Gasteiger charge is 2.05. The van der Waals surface area contributed by atoms with E-state index in [4.69, 9.17) is 4.42 Å². The van der Waals surface area contributed by atoms with Crippen LogP contribution in [-0.4, -0.2) is 5.78 Å². The van der Waals surface area contributed by atoms with Gasteiger partial charge in [-0.05, 0) is 46.7 Å². The van der Waals surface area contributed by atoms with E-state index in [1.807, 2.05) is 18.2 Å². The fourth-order valence-corrected chi connectivity index (χ4v) is 2.72. The minimum atomic E-state index is -0.115. The Morgan fingerprint density at radius 3 is 2.89 bits per heavy atom. The number of fused-ring (bicyclic) bond motifs is 1. The predicted molar refractivity (Wildman–Crippen MR) is 73.9 cm³/mol. The SMILES string of the molecule is O=C(/C=C/c1csc2ccccc12)c1ccco1. The molecule has 1 aromatic carbocycles. The van der Waals surface area contributed by atoms with Crippen molar-refractivity contribution >= 4 is 33.3 Å². The zero-order chi connectivity index (χ0) is 12.4. The van der Waals surface area contributed by atoms with Gasteiger partial charge in [0.25, 0.3) is 0 Å². The molecule has 2 aromatic heterocycles. The molecule has 0 N–H and O–H groups in total. The monoisotopic (exact) mass is 254 g/mol. The molecule has 88 valence electrons. The van der Waals surface area contributed by atoms with Gasteiger partial charge in [0.2, 0.25) is 5.78 Å². The average molecular weight is 254 g/mol. The lowest BCUT2D eigenvalue weighted by Gasteiger charge is -1.91. The number of ketones is 1. The van der Waals surface area contributed by atoms with E-state index in [0.717, 1.165) is 5.56 Å². The number of hydrogen-bond acceptors (Lipinski definition) is 3. The van der Waals surface area contributed by atoms with E-state index in [-0.39, 0.29) is 5.78 Å². The summed E-state index contributed by atoms with van der Waals surface area (Å²) in [4.78, 5) is 11.8. The molecule has 0 amide bonds. The summed E-state index contributed by atoms with van der Waals surface area (Å²) < 4.78 is 6.28. The van der Waals surface area contributed by atoms with Gasteiger partial charge >= 0.3 is 0 Å². The van der Waals surface area contributed by atoms with Crippen molar-refractivity contribution in [1.29, 1.82) is 0 Å². The fraction of sp³-hybridized carbons (Fsp3) is 0. The van der Waals surface area contributed by atoms with E-state index in [0.29, 0.717) is 5.76 Å². The quantitative estimate of drug-likeness (QED) is 0.512. The summed E-state index contributed by atoms with van der Waals surface area (Å²) >= 11 is 1.68. The Morgan fingerprint density at radius 2 is 2.06 bits per heavy atom. The van der Waals surface area contributed by atoms with Crippen molar-refractivity contribution in [2.45, 2.75) is 0 Å². The molecule has 0 aliphatic carbocycles. The molecule has 0 fully saturated rings. The summed E-state index contributed by atoms with van der Waals surface area (Å²) in [7, 11) is 0. The van der Waals surface area contributed by atoms with Crippen LogP contribution >= 0.6 is 11.3 Å². The molecule has 0 bridgehead atoms. The fourth-order valence-electron chi connectivity index (χ4n) is 1.79. The molecule has 0 saturated carbocycles. The number of allylic oxidation sites excluding steroid dienone is 1. The van der Waals surface area contributed by atoms with Gasteiger partial charge in [0, 0.05) is 4.70 Å². The Morgan fingerprint density at radius 1 is 1.17 bits per heavy atom. The van der Waals surface area contributed by atoms with Crippen LogP contribution in [0.25, 0.3) is 16.2 Å². The predicted octanol–water partition coefficient (Wildman–Crippen LogP) is 4.39. The summed E-state index contributed by atoms with van der Waals surface area (Å²) in [6.07, 6.45) is 4.89. The summed E-state index contributed by atoms with van der Waals surface area (Å²) in [5.74, 6) is 0.251. The number of hydrogen-bond donors (Lipinski definition) is 0. The standard InChI is InChI=1S/C15H10O2S/c16-13(14-5-3-9-17-14)8-7-11-10-18-15-6-2-1-4-12(11)15/h1-10H/b8-7+. The van der Waals surface area contributed by atoms with E-state index in [2.05, 4.69) is 17.5 Å². The molecule has 0 radical (unpaired) electrons. The molecule has 0 aliphatic rings. The Hall–Kier alpha value is -2.13. The Balaban J connectivity index is 1.91. The minimum Gasteiger partial charge on any atom is -0.461 e. The zero-order valence-corrected chi connectivity index (χ0v) is 10.3. The molecule has 18 heavy (non-hydrogen) atoms. The van der Waals surface area contributed by atoms with E-state index >= 15 is 0 Å². The first-order valence-electron chi connectivity index (χ1n) is 5.57. The lowest BCUT2D eigenvalue weighted by molar-refractivity contribution is 0.102. The molecular formula is C15H10O2S. The summed E-state index contributed by atoms with van der Waals surface area (Å²) in [6.45, 7) is 0. The third kappa shape index (κ3) is 2.00. The maximum Gasteiger partial charge on any atom is 0.221 e. The molecule has 0 spiro atoms. The van der Waals surface area contributed by atoms with Crippen LogP contribution < -0.4 is 0 Å². The molecular weight excluding hydrogens is 244 g/mol. The number of carbonyl (C=O) groups excluding carboxylic acids is 1. The lowest BCUT2D eigenvalue weighted by atomic mass is 10.1. The van der Waals surface area contributed by atoms with Crippen molar-refractivity contribution in [1.82, 2.24) is 0 Å². The number of thiophene rings is 1. The Kier molecular flexibility index (Phi) is 2.82. The van der Waals surface area contributed by atoms with Gasteiger partial charge in [0.15, 0.2) is 5.76 Å². The second kappa shape index (κ2) is 4.63. The van der Waals surface area contributed by atoms with Crippen LogP contribution in [0.4, 0.5) is 0 Å². The molecule has 0 atom stereocenters. The van der Waals surface area contributed by atoms with Crippen LogP contribution in [0.1, 0.15) is 16.1 Å². The average Bonchev–Trinajstić information content (AvgIpc) is 3.06. The lowest BCUT2D eigenvalue weighted by Crippen LogP contribution is -1.89. The number of furan rings is 1. The normalized spacial score (nSPS) is 11.3. The molecule has 3 aromatic rings. The van der Waals surface area contributed by atoms with Crippen LogP contribution in [0.2, 0.25) is 0 Å². The zero-order valence-electron chi connectivity index (χ0n) is 9.50. The smallest absolute Gasteiger partial charge is 0.221 e. The van der Waals surface area contributed by atoms with Crippen molar-refractivity contribution < 1.29 is 9.21 Å². The highest BCUT2D eigenvalue weighted by atomic mass is 32.1. The van der Waals surface area contributed by atoms with Gasteiger partial charge in [-0.3, -0.25) is 4.79 Å². The van der Waals surface area contributed by atoms with Crippen molar-refractivity contribution in [3.8, 4) is 0 Å². The van der Waals surface area contributed by atoms with E-state index in [1.54, 1.807) is 29.5 Å². The molecule has 3 rings (SSSR count). The van der Waals surface area contributed by atoms with Gasteiger partial charge in [-0.25, -0.2) is 0 Å². The maximum atomic E-state index is 11.8. The van der Waals surface area contributed by atoms with Crippen molar-refractivity contribution in [3.63, 3.8) is 0 Å². The highest BCUT2D eigenvalue weighted by molar-refractivity contribution is 7.17. The maximum absolute atomic E-state index is 11.8. The molecule has 0 unspecified atom stereocenters. The number of benzene rings is 1. The molecule has 0 aliphatic heterocycles. The van der Waals surface area contributed by atoms with Gasteiger partial charge in [-0.1, -0.05) is 18.2 Å². The third-order valence-corrected chi connectivity index (χ3v) is 3.67. The number of rotatable bonds is 3. The van der Waals surface area contributed by atoms with Gasteiger partial charge in [-0.2, -0.15) is 0 Å². The van der Waals surface area contributed by atoms with Crippen molar-refractivity contribution in [3.05, 3.63) is 65.4 Å². The van der Waals surface area contributed by atoms with Gasteiger partial charge < -0.3 is 4.42 Å². The van der Waals surface area contributed by atoms with E-state index in [9.17, 15) is 4.79 Å². The van der Waals surface area contributed by atoms with Gasteiger partial charge in [0.05, 0.1) is 6.26 Å². The van der Waals surface area contributed by atoms with Crippen LogP contribution in [0, 0.1) is 0 Å². The largest absolute Gasteiger partial charge is 0.461 e. The molecule has 3 heteroatoms. The van der Waals surface area contributed by atoms with Crippen LogP contribution in [0.5, 0.6) is 0 Å². The van der Waals surface area contributed by atoms with Gasteiger partial charge in [-0.15, -0.1) is 11.3 Å². The summed E-state index contributed by atoms with van der Waals surface area (Å²) in [6, 6.07) is 11.5. The minimum absolute atomic E-state index is 0.115. The van der Waals surface area contributed by atoms with Crippen molar-refractivity contribution in [2.75, 3.05) is 0 Å².